The Hall–Kier alpha value is -2.86. The van der Waals surface area contributed by atoms with Crippen LogP contribution in [0.1, 0.15) is 16.8 Å². The van der Waals surface area contributed by atoms with Crippen LogP contribution in [0.3, 0.4) is 0 Å². The molecule has 26 heavy (non-hydrogen) atoms. The number of methoxy groups -OCH3 is 1. The molecule has 1 aliphatic heterocycles. The molecule has 1 unspecified atom stereocenters. The summed E-state index contributed by atoms with van der Waals surface area (Å²) in [5, 5.41) is 3.18. The maximum atomic E-state index is 12.5. The number of nitrogens with zero attached hydrogens (tertiary/aromatic N) is 1. The van der Waals surface area contributed by atoms with Crippen LogP contribution in [0.4, 0.5) is 11.4 Å². The average Bonchev–Trinajstić information content (AvgIpc) is 3.04. The molecular weight excluding hydrogens is 356 g/mol. The molecule has 6 nitrogen and oxygen atoms in total. The standard InChI is InChI=1S/C19H17ClN2O4/c1-26-19(25)13-6-2-5-9-16(13)22-11-12(10-17(22)23)18(24)21-15-8-4-3-7-14(15)20/h2-9,12H,10-11H2,1H3,(H,21,24). The van der Waals surface area contributed by atoms with E-state index in [1.807, 2.05) is 0 Å². The summed E-state index contributed by atoms with van der Waals surface area (Å²) in [6, 6.07) is 13.6. The van der Waals surface area contributed by atoms with Gasteiger partial charge in [0.2, 0.25) is 11.8 Å². The maximum absolute atomic E-state index is 12.5. The molecule has 2 aromatic carbocycles. The highest BCUT2D eigenvalue weighted by atomic mass is 35.5. The summed E-state index contributed by atoms with van der Waals surface area (Å²) in [7, 11) is 1.28. The van der Waals surface area contributed by atoms with Gasteiger partial charge in [-0.05, 0) is 24.3 Å². The maximum Gasteiger partial charge on any atom is 0.339 e. The molecule has 1 heterocycles. The predicted octanol–water partition coefficient (Wildman–Crippen LogP) is 3.12. The van der Waals surface area contributed by atoms with Gasteiger partial charge in [-0.2, -0.15) is 0 Å². The number of nitrogens with one attached hydrogen (secondary N) is 1. The molecule has 0 saturated carbocycles. The lowest BCUT2D eigenvalue weighted by Crippen LogP contribution is -2.29. The average molecular weight is 373 g/mol. The third-order valence-electron chi connectivity index (χ3n) is 4.23. The Balaban J connectivity index is 1.78. The smallest absolute Gasteiger partial charge is 0.339 e. The van der Waals surface area contributed by atoms with E-state index >= 15 is 0 Å². The molecule has 134 valence electrons. The summed E-state index contributed by atoms with van der Waals surface area (Å²) in [5.41, 5.74) is 1.23. The third-order valence-corrected chi connectivity index (χ3v) is 4.56. The number of esters is 1. The molecule has 0 bridgehead atoms. The van der Waals surface area contributed by atoms with E-state index in [4.69, 9.17) is 16.3 Å². The molecule has 1 N–H and O–H groups in total. The van der Waals surface area contributed by atoms with Crippen LogP contribution in [-0.2, 0) is 14.3 Å². The van der Waals surface area contributed by atoms with Crippen LogP contribution in [-0.4, -0.2) is 31.4 Å². The molecule has 1 aliphatic rings. The molecule has 2 aromatic rings. The van der Waals surface area contributed by atoms with Gasteiger partial charge in [0.05, 0.1) is 35.0 Å². The first-order chi connectivity index (χ1) is 12.5. The Labute approximate surface area is 155 Å². The van der Waals surface area contributed by atoms with Crippen molar-refractivity contribution in [3.63, 3.8) is 0 Å². The first kappa shape index (κ1) is 17.9. The van der Waals surface area contributed by atoms with E-state index in [-0.39, 0.29) is 30.3 Å². The number of carbonyl (C=O) groups excluding carboxylic acids is 3. The second-order valence-corrected chi connectivity index (χ2v) is 6.29. The van der Waals surface area contributed by atoms with E-state index in [1.165, 1.54) is 12.0 Å². The number of anilines is 2. The van der Waals surface area contributed by atoms with Gasteiger partial charge < -0.3 is 15.0 Å². The number of halogens is 1. The van der Waals surface area contributed by atoms with E-state index in [2.05, 4.69) is 5.32 Å². The predicted molar refractivity (Wildman–Crippen MR) is 98.3 cm³/mol. The van der Waals surface area contributed by atoms with Crippen molar-refractivity contribution in [2.24, 2.45) is 5.92 Å². The lowest BCUT2D eigenvalue weighted by molar-refractivity contribution is -0.122. The number of hydrogen-bond donors (Lipinski definition) is 1. The molecule has 0 spiro atoms. The summed E-state index contributed by atoms with van der Waals surface area (Å²) >= 11 is 6.06. The van der Waals surface area contributed by atoms with Gasteiger partial charge in [-0.15, -0.1) is 0 Å². The second kappa shape index (κ2) is 7.58. The molecule has 0 aliphatic carbocycles. The number of rotatable bonds is 4. The topological polar surface area (TPSA) is 75.7 Å². The van der Waals surface area contributed by atoms with Crippen molar-refractivity contribution in [2.75, 3.05) is 23.9 Å². The van der Waals surface area contributed by atoms with Crippen molar-refractivity contribution >= 4 is 40.8 Å². The minimum Gasteiger partial charge on any atom is -0.465 e. The first-order valence-corrected chi connectivity index (χ1v) is 8.42. The lowest BCUT2D eigenvalue weighted by Gasteiger charge is -2.19. The van der Waals surface area contributed by atoms with Crippen molar-refractivity contribution in [3.8, 4) is 0 Å². The van der Waals surface area contributed by atoms with E-state index in [0.717, 1.165) is 0 Å². The van der Waals surface area contributed by atoms with Crippen LogP contribution in [0.25, 0.3) is 0 Å². The molecule has 1 saturated heterocycles. The summed E-state index contributed by atoms with van der Waals surface area (Å²) < 4.78 is 4.77. The van der Waals surface area contributed by atoms with Gasteiger partial charge >= 0.3 is 5.97 Å². The number of benzene rings is 2. The molecule has 2 amide bonds. The number of ether oxygens (including phenoxy) is 1. The quantitative estimate of drug-likeness (QED) is 0.837. The molecule has 0 radical (unpaired) electrons. The van der Waals surface area contributed by atoms with Gasteiger partial charge in [0.25, 0.3) is 0 Å². The van der Waals surface area contributed by atoms with Crippen LogP contribution in [0, 0.1) is 5.92 Å². The Kier molecular flexibility index (Phi) is 5.23. The van der Waals surface area contributed by atoms with Gasteiger partial charge in [-0.25, -0.2) is 4.79 Å². The summed E-state index contributed by atoms with van der Waals surface area (Å²) in [6.07, 6.45) is 0.0613. The Morgan fingerprint density at radius 2 is 1.85 bits per heavy atom. The van der Waals surface area contributed by atoms with Gasteiger partial charge in [0.15, 0.2) is 0 Å². The number of para-hydroxylation sites is 2. The SMILES string of the molecule is COC(=O)c1ccccc1N1CC(C(=O)Nc2ccccc2Cl)CC1=O. The zero-order valence-corrected chi connectivity index (χ0v) is 14.8. The van der Waals surface area contributed by atoms with E-state index in [0.29, 0.717) is 16.4 Å². The largest absolute Gasteiger partial charge is 0.465 e. The highest BCUT2D eigenvalue weighted by molar-refractivity contribution is 6.33. The van der Waals surface area contributed by atoms with Crippen molar-refractivity contribution in [1.82, 2.24) is 0 Å². The van der Waals surface area contributed by atoms with Crippen molar-refractivity contribution in [3.05, 3.63) is 59.1 Å². The Morgan fingerprint density at radius 3 is 2.58 bits per heavy atom. The summed E-state index contributed by atoms with van der Waals surface area (Å²) in [6.45, 7) is 0.184. The van der Waals surface area contributed by atoms with E-state index in [9.17, 15) is 14.4 Å². The molecule has 1 atom stereocenters. The zero-order chi connectivity index (χ0) is 18.7. The number of amides is 2. The summed E-state index contributed by atoms with van der Waals surface area (Å²) in [5.74, 6) is -1.58. The van der Waals surface area contributed by atoms with Gasteiger partial charge in [0, 0.05) is 13.0 Å². The molecular formula is C19H17ClN2O4. The monoisotopic (exact) mass is 372 g/mol. The summed E-state index contributed by atoms with van der Waals surface area (Å²) in [4.78, 5) is 38.3. The Morgan fingerprint density at radius 1 is 1.15 bits per heavy atom. The fourth-order valence-electron chi connectivity index (χ4n) is 2.90. The van der Waals surface area contributed by atoms with Crippen LogP contribution < -0.4 is 10.2 Å². The minimum atomic E-state index is -0.538. The van der Waals surface area contributed by atoms with Gasteiger partial charge in [0.1, 0.15) is 0 Å². The zero-order valence-electron chi connectivity index (χ0n) is 14.1. The first-order valence-electron chi connectivity index (χ1n) is 8.04. The van der Waals surface area contributed by atoms with Crippen molar-refractivity contribution in [2.45, 2.75) is 6.42 Å². The van der Waals surface area contributed by atoms with Crippen LogP contribution in [0.2, 0.25) is 5.02 Å². The number of hydrogen-bond acceptors (Lipinski definition) is 4. The Bertz CT molecular complexity index is 868. The van der Waals surface area contributed by atoms with Gasteiger partial charge in [-0.3, -0.25) is 9.59 Å². The molecule has 3 rings (SSSR count). The van der Waals surface area contributed by atoms with Crippen LogP contribution in [0.5, 0.6) is 0 Å². The fraction of sp³-hybridized carbons (Fsp3) is 0.211. The molecule has 0 aromatic heterocycles. The number of carbonyl (C=O) groups is 3. The fourth-order valence-corrected chi connectivity index (χ4v) is 3.09. The minimum absolute atomic E-state index is 0.0613. The van der Waals surface area contributed by atoms with E-state index < -0.39 is 11.9 Å². The third kappa shape index (κ3) is 3.55. The highest BCUT2D eigenvalue weighted by Crippen LogP contribution is 2.30. The van der Waals surface area contributed by atoms with E-state index in [1.54, 1.807) is 48.5 Å². The molecule has 7 heteroatoms. The lowest BCUT2D eigenvalue weighted by atomic mass is 10.1. The van der Waals surface area contributed by atoms with Crippen molar-refractivity contribution in [1.29, 1.82) is 0 Å². The van der Waals surface area contributed by atoms with Gasteiger partial charge in [-0.1, -0.05) is 35.9 Å². The molecule has 1 fully saturated rings. The normalized spacial score (nSPS) is 16.5. The second-order valence-electron chi connectivity index (χ2n) is 5.88. The highest BCUT2D eigenvalue weighted by Gasteiger charge is 2.36. The van der Waals surface area contributed by atoms with Crippen LogP contribution in [0.15, 0.2) is 48.5 Å². The van der Waals surface area contributed by atoms with Crippen molar-refractivity contribution < 1.29 is 19.1 Å². The van der Waals surface area contributed by atoms with Crippen LogP contribution >= 0.6 is 11.6 Å².